The molecular formula is C12H11F2N3O2. The Labute approximate surface area is 107 Å². The second-order valence-electron chi connectivity index (χ2n) is 4.18. The lowest BCUT2D eigenvalue weighted by Crippen LogP contribution is -2.33. The lowest BCUT2D eigenvalue weighted by atomic mass is 10.2. The third kappa shape index (κ3) is 2.61. The van der Waals surface area contributed by atoms with Crippen LogP contribution < -0.4 is 5.32 Å². The molecule has 1 atom stereocenters. The van der Waals surface area contributed by atoms with Crippen molar-refractivity contribution in [3.63, 3.8) is 0 Å². The highest BCUT2D eigenvalue weighted by molar-refractivity contribution is 5.54. The number of aromatic nitrogens is 2. The molecule has 0 bridgehead atoms. The maximum Gasteiger partial charge on any atom is 0.257 e. The summed E-state index contributed by atoms with van der Waals surface area (Å²) in [5.74, 6) is -0.927. The van der Waals surface area contributed by atoms with Crippen LogP contribution >= 0.6 is 0 Å². The molecular weight excluding hydrogens is 256 g/mol. The number of benzene rings is 1. The molecule has 0 amide bonds. The summed E-state index contributed by atoms with van der Waals surface area (Å²) in [6.45, 7) is 1.89. The highest BCUT2D eigenvalue weighted by Crippen LogP contribution is 2.22. The second kappa shape index (κ2) is 5.02. The fraction of sp³-hybridized carbons (Fsp3) is 0.333. The van der Waals surface area contributed by atoms with E-state index in [1.54, 1.807) is 0 Å². The lowest BCUT2D eigenvalue weighted by molar-refractivity contribution is 0.00755. The molecule has 0 saturated carbocycles. The van der Waals surface area contributed by atoms with Crippen molar-refractivity contribution >= 4 is 0 Å². The monoisotopic (exact) mass is 267 g/mol. The minimum absolute atomic E-state index is 0.141. The molecule has 100 valence electrons. The smallest absolute Gasteiger partial charge is 0.257 e. The predicted molar refractivity (Wildman–Crippen MR) is 61.2 cm³/mol. The molecule has 0 spiro atoms. The van der Waals surface area contributed by atoms with Gasteiger partial charge in [0.15, 0.2) is 0 Å². The molecule has 5 nitrogen and oxygen atoms in total. The molecule has 1 N–H and O–H groups in total. The minimum atomic E-state index is -0.683. The van der Waals surface area contributed by atoms with Crippen LogP contribution in [0.5, 0.6) is 0 Å². The van der Waals surface area contributed by atoms with Gasteiger partial charge >= 0.3 is 0 Å². The van der Waals surface area contributed by atoms with Crippen molar-refractivity contribution in [2.75, 3.05) is 19.7 Å². The van der Waals surface area contributed by atoms with Crippen molar-refractivity contribution in [1.29, 1.82) is 0 Å². The van der Waals surface area contributed by atoms with Crippen LogP contribution in [-0.2, 0) is 4.74 Å². The molecule has 0 radical (unpaired) electrons. The summed E-state index contributed by atoms with van der Waals surface area (Å²) in [4.78, 5) is 4.11. The summed E-state index contributed by atoms with van der Waals surface area (Å²) in [6, 6.07) is 3.09. The molecule has 1 aromatic carbocycles. The van der Waals surface area contributed by atoms with E-state index in [1.807, 2.05) is 0 Å². The third-order valence-corrected chi connectivity index (χ3v) is 2.77. The summed E-state index contributed by atoms with van der Waals surface area (Å²) in [5, 5.41) is 6.84. The number of nitrogens with one attached hydrogen (secondary N) is 1. The van der Waals surface area contributed by atoms with Crippen LogP contribution in [0.25, 0.3) is 11.4 Å². The van der Waals surface area contributed by atoms with E-state index in [0.29, 0.717) is 19.0 Å². The molecule has 0 aliphatic carbocycles. The average molecular weight is 267 g/mol. The first-order valence-corrected chi connectivity index (χ1v) is 5.85. The van der Waals surface area contributed by atoms with Crippen LogP contribution in [0.4, 0.5) is 8.78 Å². The number of halogens is 2. The van der Waals surface area contributed by atoms with Crippen LogP contribution in [0.3, 0.4) is 0 Å². The Morgan fingerprint density at radius 3 is 2.68 bits per heavy atom. The molecule has 1 saturated heterocycles. The number of ether oxygens (including phenoxy) is 1. The standard InChI is InChI=1S/C12H11F2N3O2/c13-8-3-7(4-9(14)5-8)11-16-12(19-17-11)10-6-15-1-2-18-10/h3-5,10,15H,1-2,6H2. The van der Waals surface area contributed by atoms with Gasteiger partial charge in [0.1, 0.15) is 17.7 Å². The van der Waals surface area contributed by atoms with E-state index >= 15 is 0 Å². The zero-order chi connectivity index (χ0) is 13.2. The highest BCUT2D eigenvalue weighted by atomic mass is 19.1. The van der Waals surface area contributed by atoms with Gasteiger partial charge in [0.25, 0.3) is 5.89 Å². The molecule has 1 aromatic heterocycles. The fourth-order valence-corrected chi connectivity index (χ4v) is 1.89. The van der Waals surface area contributed by atoms with Gasteiger partial charge in [0.05, 0.1) is 6.61 Å². The average Bonchev–Trinajstić information content (AvgIpc) is 2.88. The van der Waals surface area contributed by atoms with E-state index in [2.05, 4.69) is 15.5 Å². The Morgan fingerprint density at radius 2 is 2.00 bits per heavy atom. The Kier molecular flexibility index (Phi) is 3.22. The number of hydrogen-bond acceptors (Lipinski definition) is 5. The summed E-state index contributed by atoms with van der Waals surface area (Å²) >= 11 is 0. The maximum atomic E-state index is 13.1. The van der Waals surface area contributed by atoms with E-state index in [-0.39, 0.29) is 17.5 Å². The Bertz CT molecular complexity index is 562. The van der Waals surface area contributed by atoms with Crippen molar-refractivity contribution in [3.8, 4) is 11.4 Å². The van der Waals surface area contributed by atoms with Crippen molar-refractivity contribution in [1.82, 2.24) is 15.5 Å². The van der Waals surface area contributed by atoms with Gasteiger partial charge in [-0.1, -0.05) is 5.16 Å². The molecule has 1 fully saturated rings. The van der Waals surface area contributed by atoms with Crippen LogP contribution in [0, 0.1) is 11.6 Å². The van der Waals surface area contributed by atoms with Gasteiger partial charge in [0, 0.05) is 24.7 Å². The van der Waals surface area contributed by atoms with Gasteiger partial charge < -0.3 is 14.6 Å². The summed E-state index contributed by atoms with van der Waals surface area (Å²) in [7, 11) is 0. The molecule has 2 aromatic rings. The largest absolute Gasteiger partial charge is 0.366 e. The van der Waals surface area contributed by atoms with E-state index in [0.717, 1.165) is 24.7 Å². The van der Waals surface area contributed by atoms with Crippen LogP contribution in [0.2, 0.25) is 0 Å². The van der Waals surface area contributed by atoms with E-state index in [1.165, 1.54) is 0 Å². The first kappa shape index (κ1) is 12.2. The second-order valence-corrected chi connectivity index (χ2v) is 4.18. The van der Waals surface area contributed by atoms with Crippen LogP contribution in [0.15, 0.2) is 22.7 Å². The third-order valence-electron chi connectivity index (χ3n) is 2.77. The first-order chi connectivity index (χ1) is 9.22. The molecule has 7 heteroatoms. The zero-order valence-electron chi connectivity index (χ0n) is 9.90. The first-order valence-electron chi connectivity index (χ1n) is 5.85. The van der Waals surface area contributed by atoms with Gasteiger partial charge in [-0.3, -0.25) is 0 Å². The lowest BCUT2D eigenvalue weighted by Gasteiger charge is -2.19. The number of hydrogen-bond donors (Lipinski definition) is 1. The summed E-state index contributed by atoms with van der Waals surface area (Å²) < 4.78 is 36.7. The van der Waals surface area contributed by atoms with Gasteiger partial charge in [-0.15, -0.1) is 0 Å². The van der Waals surface area contributed by atoms with Crippen molar-refractivity contribution in [2.24, 2.45) is 0 Å². The molecule has 1 unspecified atom stereocenters. The number of morpholine rings is 1. The highest BCUT2D eigenvalue weighted by Gasteiger charge is 2.22. The van der Waals surface area contributed by atoms with Crippen molar-refractivity contribution in [3.05, 3.63) is 35.7 Å². The number of nitrogens with zero attached hydrogens (tertiary/aromatic N) is 2. The molecule has 19 heavy (non-hydrogen) atoms. The molecule has 3 rings (SSSR count). The maximum absolute atomic E-state index is 13.1. The Morgan fingerprint density at radius 1 is 1.21 bits per heavy atom. The van der Waals surface area contributed by atoms with Crippen LogP contribution in [0.1, 0.15) is 12.0 Å². The van der Waals surface area contributed by atoms with Gasteiger partial charge in [-0.05, 0) is 12.1 Å². The zero-order valence-corrected chi connectivity index (χ0v) is 9.90. The fourth-order valence-electron chi connectivity index (χ4n) is 1.89. The van der Waals surface area contributed by atoms with Crippen LogP contribution in [-0.4, -0.2) is 29.8 Å². The predicted octanol–water partition coefficient (Wildman–Crippen LogP) is 1.68. The quantitative estimate of drug-likeness (QED) is 0.897. The van der Waals surface area contributed by atoms with E-state index in [4.69, 9.17) is 9.26 Å². The van der Waals surface area contributed by atoms with E-state index in [9.17, 15) is 8.78 Å². The van der Waals surface area contributed by atoms with Gasteiger partial charge in [-0.2, -0.15) is 4.98 Å². The Hall–Kier alpha value is -1.86. The number of rotatable bonds is 2. The van der Waals surface area contributed by atoms with Crippen molar-refractivity contribution in [2.45, 2.75) is 6.10 Å². The summed E-state index contributed by atoms with van der Waals surface area (Å²) in [6.07, 6.45) is -0.326. The van der Waals surface area contributed by atoms with E-state index < -0.39 is 11.6 Å². The normalized spacial score (nSPS) is 19.6. The SMILES string of the molecule is Fc1cc(F)cc(-c2noc(C3CNCCO3)n2)c1. The van der Waals surface area contributed by atoms with Gasteiger partial charge in [0.2, 0.25) is 5.82 Å². The minimum Gasteiger partial charge on any atom is -0.366 e. The summed E-state index contributed by atoms with van der Waals surface area (Å²) in [5.41, 5.74) is 0.233. The van der Waals surface area contributed by atoms with Crippen molar-refractivity contribution < 1.29 is 18.0 Å². The topological polar surface area (TPSA) is 60.2 Å². The Balaban J connectivity index is 1.87. The molecule has 1 aliphatic rings. The molecule has 1 aliphatic heterocycles. The van der Waals surface area contributed by atoms with Gasteiger partial charge in [-0.25, -0.2) is 8.78 Å². The molecule has 2 heterocycles.